The van der Waals surface area contributed by atoms with Gasteiger partial charge in [0.05, 0.1) is 16.5 Å². The standard InChI is InChI=1S/C14H12BrFN2O3/c1-21-13-7-10(5-6-11(13)15)17-8-9-3-2-4-12(14(9)16)18(19)20/h2-7,17H,8H2,1H3. The third kappa shape index (κ3) is 3.49. The third-order valence-electron chi connectivity index (χ3n) is 2.89. The van der Waals surface area contributed by atoms with Gasteiger partial charge in [-0.15, -0.1) is 0 Å². The van der Waals surface area contributed by atoms with Crippen LogP contribution in [0.25, 0.3) is 0 Å². The molecule has 0 unspecified atom stereocenters. The van der Waals surface area contributed by atoms with Crippen LogP contribution in [-0.2, 0) is 6.54 Å². The van der Waals surface area contributed by atoms with E-state index in [-0.39, 0.29) is 12.1 Å². The van der Waals surface area contributed by atoms with E-state index in [9.17, 15) is 14.5 Å². The van der Waals surface area contributed by atoms with Gasteiger partial charge in [-0.2, -0.15) is 4.39 Å². The lowest BCUT2D eigenvalue weighted by molar-refractivity contribution is -0.387. The number of hydrogen-bond donors (Lipinski definition) is 1. The first-order valence-electron chi connectivity index (χ1n) is 6.02. The molecule has 2 rings (SSSR count). The lowest BCUT2D eigenvalue weighted by Gasteiger charge is -2.10. The number of nitrogens with zero attached hydrogens (tertiary/aromatic N) is 1. The minimum absolute atomic E-state index is 0.137. The first-order chi connectivity index (χ1) is 10.0. The Hall–Kier alpha value is -2.15. The van der Waals surface area contributed by atoms with E-state index in [1.807, 2.05) is 0 Å². The van der Waals surface area contributed by atoms with Crippen molar-refractivity contribution in [2.75, 3.05) is 12.4 Å². The number of hydrogen-bond acceptors (Lipinski definition) is 4. The number of benzene rings is 2. The molecule has 0 aliphatic carbocycles. The Morgan fingerprint density at radius 1 is 1.38 bits per heavy atom. The van der Waals surface area contributed by atoms with E-state index < -0.39 is 16.4 Å². The van der Waals surface area contributed by atoms with Crippen molar-refractivity contribution in [3.05, 3.63) is 62.4 Å². The Labute approximate surface area is 129 Å². The number of nitro benzene ring substituents is 1. The predicted octanol–water partition coefficient (Wildman–Crippen LogP) is 4.12. The molecule has 2 aromatic carbocycles. The summed E-state index contributed by atoms with van der Waals surface area (Å²) in [6.07, 6.45) is 0. The summed E-state index contributed by atoms with van der Waals surface area (Å²) < 4.78 is 19.9. The fraction of sp³-hybridized carbons (Fsp3) is 0.143. The molecule has 0 amide bonds. The summed E-state index contributed by atoms with van der Waals surface area (Å²) in [5.41, 5.74) is 0.426. The SMILES string of the molecule is COc1cc(NCc2cccc([N+](=O)[O-])c2F)ccc1Br. The lowest BCUT2D eigenvalue weighted by Crippen LogP contribution is -2.04. The van der Waals surface area contributed by atoms with Gasteiger partial charge in [-0.1, -0.05) is 12.1 Å². The Morgan fingerprint density at radius 2 is 2.14 bits per heavy atom. The minimum atomic E-state index is -0.820. The molecular weight excluding hydrogens is 343 g/mol. The van der Waals surface area contributed by atoms with Crippen LogP contribution in [0, 0.1) is 15.9 Å². The van der Waals surface area contributed by atoms with Crippen LogP contribution in [0.4, 0.5) is 15.8 Å². The maximum absolute atomic E-state index is 13.9. The van der Waals surface area contributed by atoms with Gasteiger partial charge in [-0.05, 0) is 28.1 Å². The molecule has 0 saturated heterocycles. The molecule has 5 nitrogen and oxygen atoms in total. The van der Waals surface area contributed by atoms with Crippen molar-refractivity contribution >= 4 is 27.3 Å². The average molecular weight is 355 g/mol. The van der Waals surface area contributed by atoms with Crippen LogP contribution in [0.3, 0.4) is 0 Å². The number of ether oxygens (including phenoxy) is 1. The number of nitrogens with one attached hydrogen (secondary N) is 1. The molecule has 0 bridgehead atoms. The molecule has 0 atom stereocenters. The van der Waals surface area contributed by atoms with Crippen LogP contribution in [0.5, 0.6) is 5.75 Å². The highest BCUT2D eigenvalue weighted by Crippen LogP contribution is 2.28. The molecule has 0 heterocycles. The maximum Gasteiger partial charge on any atom is 0.305 e. The monoisotopic (exact) mass is 354 g/mol. The molecule has 0 aliphatic heterocycles. The van der Waals surface area contributed by atoms with Crippen molar-refractivity contribution in [2.24, 2.45) is 0 Å². The zero-order valence-electron chi connectivity index (χ0n) is 11.1. The molecule has 0 aliphatic rings. The van der Waals surface area contributed by atoms with Crippen molar-refractivity contribution in [2.45, 2.75) is 6.54 Å². The van der Waals surface area contributed by atoms with Crippen LogP contribution >= 0.6 is 15.9 Å². The number of methoxy groups -OCH3 is 1. The molecule has 7 heteroatoms. The van der Waals surface area contributed by atoms with Crippen molar-refractivity contribution in [1.82, 2.24) is 0 Å². The fourth-order valence-corrected chi connectivity index (χ4v) is 2.22. The van der Waals surface area contributed by atoms with Gasteiger partial charge in [0.15, 0.2) is 0 Å². The lowest BCUT2D eigenvalue weighted by atomic mass is 10.2. The van der Waals surface area contributed by atoms with E-state index >= 15 is 0 Å². The number of anilines is 1. The van der Waals surface area contributed by atoms with Gasteiger partial charge in [-0.3, -0.25) is 10.1 Å². The first-order valence-corrected chi connectivity index (χ1v) is 6.81. The molecular formula is C14H12BrFN2O3. The normalized spacial score (nSPS) is 10.2. The van der Waals surface area contributed by atoms with Gasteiger partial charge in [0.2, 0.25) is 5.82 Å². The van der Waals surface area contributed by atoms with Gasteiger partial charge >= 0.3 is 5.69 Å². The maximum atomic E-state index is 13.9. The summed E-state index contributed by atoms with van der Waals surface area (Å²) in [5, 5.41) is 13.7. The molecule has 0 aromatic heterocycles. The Morgan fingerprint density at radius 3 is 2.81 bits per heavy atom. The Kier molecular flexibility index (Phi) is 4.74. The van der Waals surface area contributed by atoms with Crippen molar-refractivity contribution in [3.8, 4) is 5.75 Å². The van der Waals surface area contributed by atoms with Gasteiger partial charge in [0.1, 0.15) is 5.75 Å². The third-order valence-corrected chi connectivity index (χ3v) is 3.54. The van der Waals surface area contributed by atoms with Gasteiger partial charge in [0, 0.05) is 29.9 Å². The van der Waals surface area contributed by atoms with E-state index in [2.05, 4.69) is 21.2 Å². The highest BCUT2D eigenvalue weighted by atomic mass is 79.9. The highest BCUT2D eigenvalue weighted by Gasteiger charge is 2.16. The van der Waals surface area contributed by atoms with Gasteiger partial charge < -0.3 is 10.1 Å². The summed E-state index contributed by atoms with van der Waals surface area (Å²) >= 11 is 3.34. The second-order valence-electron chi connectivity index (χ2n) is 4.21. The van der Waals surface area contributed by atoms with Gasteiger partial charge in [0.25, 0.3) is 0 Å². The Bertz CT molecular complexity index is 679. The minimum Gasteiger partial charge on any atom is -0.495 e. The topological polar surface area (TPSA) is 64.4 Å². The van der Waals surface area contributed by atoms with E-state index in [4.69, 9.17) is 4.74 Å². The number of halogens is 2. The number of nitro groups is 1. The second-order valence-corrected chi connectivity index (χ2v) is 5.06. The molecule has 110 valence electrons. The Balaban J connectivity index is 2.17. The van der Waals surface area contributed by atoms with Crippen molar-refractivity contribution in [1.29, 1.82) is 0 Å². The highest BCUT2D eigenvalue weighted by molar-refractivity contribution is 9.10. The molecule has 21 heavy (non-hydrogen) atoms. The van der Waals surface area contributed by atoms with Gasteiger partial charge in [-0.25, -0.2) is 0 Å². The second kappa shape index (κ2) is 6.53. The summed E-state index contributed by atoms with van der Waals surface area (Å²) in [5.74, 6) is -0.182. The summed E-state index contributed by atoms with van der Waals surface area (Å²) in [6, 6.07) is 9.44. The van der Waals surface area contributed by atoms with Crippen LogP contribution < -0.4 is 10.1 Å². The largest absolute Gasteiger partial charge is 0.495 e. The van der Waals surface area contributed by atoms with Crippen LogP contribution in [0.2, 0.25) is 0 Å². The van der Waals surface area contributed by atoms with E-state index in [1.165, 1.54) is 12.1 Å². The van der Waals surface area contributed by atoms with Crippen molar-refractivity contribution < 1.29 is 14.1 Å². The summed E-state index contributed by atoms with van der Waals surface area (Å²) in [6.45, 7) is 0.137. The first kappa shape index (κ1) is 15.2. The fourth-order valence-electron chi connectivity index (χ4n) is 1.81. The molecule has 0 radical (unpaired) electrons. The van der Waals surface area contributed by atoms with Crippen LogP contribution in [0.15, 0.2) is 40.9 Å². The quantitative estimate of drug-likeness (QED) is 0.647. The smallest absolute Gasteiger partial charge is 0.305 e. The van der Waals surface area contributed by atoms with Crippen LogP contribution in [-0.4, -0.2) is 12.0 Å². The average Bonchev–Trinajstić information content (AvgIpc) is 2.47. The molecule has 1 N–H and O–H groups in total. The summed E-state index contributed by atoms with van der Waals surface area (Å²) in [4.78, 5) is 9.96. The molecule has 0 fully saturated rings. The summed E-state index contributed by atoms with van der Waals surface area (Å²) in [7, 11) is 1.55. The van der Waals surface area contributed by atoms with E-state index in [0.717, 1.165) is 16.2 Å². The zero-order valence-corrected chi connectivity index (χ0v) is 12.7. The van der Waals surface area contributed by atoms with E-state index in [1.54, 1.807) is 25.3 Å². The van der Waals surface area contributed by atoms with Crippen molar-refractivity contribution in [3.63, 3.8) is 0 Å². The predicted molar refractivity (Wildman–Crippen MR) is 81.1 cm³/mol. The van der Waals surface area contributed by atoms with Crippen LogP contribution in [0.1, 0.15) is 5.56 Å². The zero-order chi connectivity index (χ0) is 15.4. The number of rotatable bonds is 5. The van der Waals surface area contributed by atoms with E-state index in [0.29, 0.717) is 5.75 Å². The molecule has 2 aromatic rings. The molecule has 0 spiro atoms. The molecule has 0 saturated carbocycles.